The Bertz CT molecular complexity index is 626. The van der Waals surface area contributed by atoms with Crippen LogP contribution >= 0.6 is 0 Å². The van der Waals surface area contributed by atoms with Crippen molar-refractivity contribution in [2.24, 2.45) is 0 Å². The maximum Gasteiger partial charge on any atom is 0.360 e. The molecule has 0 bridgehead atoms. The van der Waals surface area contributed by atoms with Gasteiger partial charge in [0.05, 0.1) is 6.61 Å². The van der Waals surface area contributed by atoms with Gasteiger partial charge in [0.2, 0.25) is 5.69 Å². The average Bonchev–Trinajstić information content (AvgIpc) is 2.74. The highest BCUT2D eigenvalue weighted by molar-refractivity contribution is 5.93. The van der Waals surface area contributed by atoms with Crippen molar-refractivity contribution in [1.82, 2.24) is 19.6 Å². The van der Waals surface area contributed by atoms with Crippen LogP contribution in [0.25, 0.3) is 5.65 Å². The van der Waals surface area contributed by atoms with Gasteiger partial charge in [-0.15, -0.1) is 10.2 Å². The Balaban J connectivity index is 2.60. The average molecular weight is 232 g/mol. The van der Waals surface area contributed by atoms with Gasteiger partial charge in [0.15, 0.2) is 11.3 Å². The van der Waals surface area contributed by atoms with Crippen LogP contribution in [0.5, 0.6) is 0 Å². The lowest BCUT2D eigenvalue weighted by molar-refractivity contribution is 0.0522. The number of nitrogen functional groups attached to an aromatic ring is 1. The highest BCUT2D eigenvalue weighted by atomic mass is 16.5. The molecule has 0 aliphatic rings. The molecule has 0 aliphatic heterocycles. The van der Waals surface area contributed by atoms with Crippen LogP contribution in [0, 0.1) is 11.3 Å². The fourth-order valence-corrected chi connectivity index (χ4v) is 1.30. The SMILES string of the molecule is CCOC(=O)c1ncn2c(N)c(C#N)nnc12. The third-order valence-corrected chi connectivity index (χ3v) is 2.06. The van der Waals surface area contributed by atoms with Gasteiger partial charge in [-0.25, -0.2) is 9.78 Å². The van der Waals surface area contributed by atoms with Crippen molar-refractivity contribution in [3.05, 3.63) is 17.7 Å². The van der Waals surface area contributed by atoms with Crippen molar-refractivity contribution in [2.45, 2.75) is 6.92 Å². The minimum Gasteiger partial charge on any atom is -0.461 e. The van der Waals surface area contributed by atoms with Crippen LogP contribution in [-0.4, -0.2) is 32.2 Å². The second kappa shape index (κ2) is 4.05. The number of fused-ring (bicyclic) bond motifs is 1. The van der Waals surface area contributed by atoms with Gasteiger partial charge < -0.3 is 10.5 Å². The first-order chi connectivity index (χ1) is 8.19. The Kier molecular flexibility index (Phi) is 2.58. The largest absolute Gasteiger partial charge is 0.461 e. The summed E-state index contributed by atoms with van der Waals surface area (Å²) in [6.45, 7) is 1.92. The van der Waals surface area contributed by atoms with E-state index < -0.39 is 5.97 Å². The van der Waals surface area contributed by atoms with E-state index in [0.29, 0.717) is 0 Å². The summed E-state index contributed by atoms with van der Waals surface area (Å²) in [4.78, 5) is 15.4. The zero-order valence-electron chi connectivity index (χ0n) is 8.91. The molecule has 86 valence electrons. The number of carbonyl (C=O) groups excluding carboxylic acids is 1. The first-order valence-corrected chi connectivity index (χ1v) is 4.75. The maximum absolute atomic E-state index is 11.5. The van der Waals surface area contributed by atoms with Crippen molar-refractivity contribution in [3.63, 3.8) is 0 Å². The third kappa shape index (κ3) is 1.63. The molecule has 2 heterocycles. The summed E-state index contributed by atoms with van der Waals surface area (Å²) >= 11 is 0. The topological polar surface area (TPSA) is 119 Å². The Morgan fingerprint density at radius 1 is 1.65 bits per heavy atom. The zero-order valence-corrected chi connectivity index (χ0v) is 8.91. The monoisotopic (exact) mass is 232 g/mol. The van der Waals surface area contributed by atoms with Crippen LogP contribution < -0.4 is 5.73 Å². The summed E-state index contributed by atoms with van der Waals surface area (Å²) in [6.07, 6.45) is 1.30. The number of aromatic nitrogens is 4. The molecule has 0 saturated heterocycles. The molecular weight excluding hydrogens is 224 g/mol. The molecule has 0 saturated carbocycles. The standard InChI is InChI=1S/C9H8N6O2/c1-2-17-9(16)6-8-14-13-5(3-10)7(11)15(8)4-12-6/h4H,2,11H2,1H3. The number of hydrogen-bond acceptors (Lipinski definition) is 7. The lowest BCUT2D eigenvalue weighted by Gasteiger charge is -2.00. The van der Waals surface area contributed by atoms with Crippen molar-refractivity contribution >= 4 is 17.4 Å². The summed E-state index contributed by atoms with van der Waals surface area (Å²) < 4.78 is 6.12. The predicted molar refractivity (Wildman–Crippen MR) is 55.9 cm³/mol. The van der Waals surface area contributed by atoms with Gasteiger partial charge >= 0.3 is 5.97 Å². The van der Waals surface area contributed by atoms with Crippen LogP contribution in [0.2, 0.25) is 0 Å². The number of nitrogens with two attached hydrogens (primary N) is 1. The summed E-state index contributed by atoms with van der Waals surface area (Å²) in [7, 11) is 0. The fourth-order valence-electron chi connectivity index (χ4n) is 1.30. The summed E-state index contributed by atoms with van der Waals surface area (Å²) in [5.74, 6) is -0.519. The van der Waals surface area contributed by atoms with E-state index in [9.17, 15) is 4.79 Å². The molecule has 17 heavy (non-hydrogen) atoms. The van der Waals surface area contributed by atoms with E-state index >= 15 is 0 Å². The highest BCUT2D eigenvalue weighted by Gasteiger charge is 2.18. The van der Waals surface area contributed by atoms with Gasteiger partial charge in [-0.3, -0.25) is 4.40 Å². The molecule has 0 amide bonds. The molecule has 2 aromatic heterocycles. The minimum absolute atomic E-state index is 0.0229. The van der Waals surface area contributed by atoms with Crippen molar-refractivity contribution in [2.75, 3.05) is 12.3 Å². The van der Waals surface area contributed by atoms with Crippen molar-refractivity contribution in [3.8, 4) is 6.07 Å². The molecule has 0 aromatic carbocycles. The minimum atomic E-state index is -0.603. The van der Waals surface area contributed by atoms with Gasteiger partial charge in [0.1, 0.15) is 18.2 Å². The van der Waals surface area contributed by atoms with E-state index in [0.717, 1.165) is 0 Å². The molecule has 0 radical (unpaired) electrons. The second-order valence-electron chi connectivity index (χ2n) is 3.05. The van der Waals surface area contributed by atoms with E-state index in [2.05, 4.69) is 15.2 Å². The van der Waals surface area contributed by atoms with Gasteiger partial charge in [0.25, 0.3) is 0 Å². The zero-order chi connectivity index (χ0) is 12.4. The molecular formula is C9H8N6O2. The van der Waals surface area contributed by atoms with Crippen LogP contribution in [0.4, 0.5) is 5.82 Å². The van der Waals surface area contributed by atoms with Crippen LogP contribution in [0.1, 0.15) is 23.1 Å². The normalized spacial score (nSPS) is 10.1. The predicted octanol–water partition coefficient (Wildman–Crippen LogP) is -0.245. The van der Waals surface area contributed by atoms with E-state index in [1.807, 2.05) is 0 Å². The third-order valence-electron chi connectivity index (χ3n) is 2.06. The lowest BCUT2D eigenvalue weighted by Crippen LogP contribution is -2.09. The molecule has 2 N–H and O–H groups in total. The Hall–Kier alpha value is -2.69. The smallest absolute Gasteiger partial charge is 0.360 e. The summed E-state index contributed by atoms with van der Waals surface area (Å²) in [6, 6.07) is 1.79. The van der Waals surface area contributed by atoms with Gasteiger partial charge in [-0.2, -0.15) is 5.26 Å². The fraction of sp³-hybridized carbons (Fsp3) is 0.222. The van der Waals surface area contributed by atoms with Gasteiger partial charge in [-0.05, 0) is 6.92 Å². The Labute approximate surface area is 95.6 Å². The first kappa shape index (κ1) is 10.8. The highest BCUT2D eigenvalue weighted by Crippen LogP contribution is 2.13. The van der Waals surface area contributed by atoms with E-state index in [1.165, 1.54) is 10.7 Å². The molecule has 2 aromatic rings. The van der Waals surface area contributed by atoms with E-state index in [4.69, 9.17) is 15.7 Å². The quantitative estimate of drug-likeness (QED) is 0.709. The number of nitriles is 1. The molecule has 0 aliphatic carbocycles. The van der Waals surface area contributed by atoms with Gasteiger partial charge in [0, 0.05) is 0 Å². The van der Waals surface area contributed by atoms with E-state index in [-0.39, 0.29) is 29.5 Å². The number of hydrogen-bond donors (Lipinski definition) is 1. The van der Waals surface area contributed by atoms with Crippen molar-refractivity contribution in [1.29, 1.82) is 5.26 Å². The van der Waals surface area contributed by atoms with E-state index in [1.54, 1.807) is 13.0 Å². The Morgan fingerprint density at radius 3 is 3.06 bits per heavy atom. The number of carbonyl (C=O) groups is 1. The van der Waals surface area contributed by atoms with Crippen LogP contribution in [0.3, 0.4) is 0 Å². The molecule has 0 spiro atoms. The van der Waals surface area contributed by atoms with Gasteiger partial charge in [-0.1, -0.05) is 0 Å². The number of anilines is 1. The molecule has 8 nitrogen and oxygen atoms in total. The lowest BCUT2D eigenvalue weighted by atomic mass is 10.4. The molecule has 2 rings (SSSR count). The maximum atomic E-state index is 11.5. The number of imidazole rings is 1. The number of esters is 1. The molecule has 8 heteroatoms. The molecule has 0 atom stereocenters. The second-order valence-corrected chi connectivity index (χ2v) is 3.05. The molecule has 0 unspecified atom stereocenters. The number of nitrogens with zero attached hydrogens (tertiary/aromatic N) is 5. The first-order valence-electron chi connectivity index (χ1n) is 4.75. The summed E-state index contributed by atoms with van der Waals surface area (Å²) in [5.41, 5.74) is 5.83. The van der Waals surface area contributed by atoms with Crippen LogP contribution in [0.15, 0.2) is 6.33 Å². The number of ether oxygens (including phenoxy) is 1. The number of rotatable bonds is 2. The van der Waals surface area contributed by atoms with Crippen LogP contribution in [-0.2, 0) is 4.74 Å². The van der Waals surface area contributed by atoms with Crippen molar-refractivity contribution < 1.29 is 9.53 Å². The molecule has 0 fully saturated rings. The Morgan fingerprint density at radius 2 is 2.41 bits per heavy atom. The summed E-state index contributed by atoms with van der Waals surface area (Å²) in [5, 5.41) is 16.0.